The summed E-state index contributed by atoms with van der Waals surface area (Å²) in [6, 6.07) is 3.61. The van der Waals surface area contributed by atoms with Gasteiger partial charge in [0.2, 0.25) is 0 Å². The Hall–Kier alpha value is -1.90. The van der Waals surface area contributed by atoms with Gasteiger partial charge in [0.15, 0.2) is 5.78 Å². The minimum absolute atomic E-state index is 0.0242. The van der Waals surface area contributed by atoms with Gasteiger partial charge in [0.25, 0.3) is 0 Å². The van der Waals surface area contributed by atoms with E-state index in [0.717, 1.165) is 18.2 Å². The van der Waals surface area contributed by atoms with Crippen LogP contribution in [0.2, 0.25) is 0 Å². The third kappa shape index (κ3) is 4.39. The first-order chi connectivity index (χ1) is 11.4. The molecule has 0 aliphatic rings. The first kappa shape index (κ1) is 19.4. The molecule has 0 spiro atoms. The summed E-state index contributed by atoms with van der Waals surface area (Å²) in [5.74, 6) is -1.73. The van der Waals surface area contributed by atoms with E-state index in [9.17, 15) is 35.5 Å². The van der Waals surface area contributed by atoms with Gasteiger partial charge in [-0.1, -0.05) is 15.9 Å². The maximum atomic E-state index is 13.4. The van der Waals surface area contributed by atoms with Crippen LogP contribution in [0.15, 0.2) is 36.4 Å². The fourth-order valence-corrected chi connectivity index (χ4v) is 2.50. The molecule has 0 saturated heterocycles. The standard InChI is InChI=1S/C16H8BrF7O/c17-7-10-3-8(1-2-13(10)18)14(25)9-4-11(15(19,20)21)6-12(5-9)16(22,23)24/h1-6H,7H2. The highest BCUT2D eigenvalue weighted by Crippen LogP contribution is 2.36. The third-order valence-electron chi connectivity index (χ3n) is 3.30. The van der Waals surface area contributed by atoms with Crippen molar-refractivity contribution in [1.29, 1.82) is 0 Å². The van der Waals surface area contributed by atoms with Gasteiger partial charge in [0, 0.05) is 16.5 Å². The first-order valence-corrected chi connectivity index (χ1v) is 7.74. The van der Waals surface area contributed by atoms with Crippen molar-refractivity contribution in [2.75, 3.05) is 0 Å². The molecule has 0 fully saturated rings. The Kier molecular flexibility index (Phi) is 5.27. The SMILES string of the molecule is O=C(c1cc(C(F)(F)F)cc(C(F)(F)F)c1)c1ccc(F)c(CBr)c1. The molecular weight excluding hydrogens is 421 g/mol. The van der Waals surface area contributed by atoms with Gasteiger partial charge in [-0.15, -0.1) is 0 Å². The Balaban J connectivity index is 2.59. The van der Waals surface area contributed by atoms with Gasteiger partial charge in [-0.25, -0.2) is 4.39 Å². The first-order valence-electron chi connectivity index (χ1n) is 6.62. The minimum Gasteiger partial charge on any atom is -0.289 e. The Morgan fingerprint density at radius 2 is 1.36 bits per heavy atom. The van der Waals surface area contributed by atoms with E-state index in [2.05, 4.69) is 15.9 Å². The maximum absolute atomic E-state index is 13.4. The van der Waals surface area contributed by atoms with E-state index in [1.165, 1.54) is 0 Å². The molecule has 0 aliphatic heterocycles. The Morgan fingerprint density at radius 3 is 1.80 bits per heavy atom. The molecule has 134 valence electrons. The number of alkyl halides is 7. The lowest BCUT2D eigenvalue weighted by molar-refractivity contribution is -0.143. The summed E-state index contributed by atoms with van der Waals surface area (Å²) in [5, 5.41) is 0.0242. The zero-order valence-electron chi connectivity index (χ0n) is 12.1. The van der Waals surface area contributed by atoms with Crippen molar-refractivity contribution in [3.05, 3.63) is 70.0 Å². The molecule has 0 heterocycles. The molecule has 2 aromatic carbocycles. The van der Waals surface area contributed by atoms with Crippen molar-refractivity contribution in [2.45, 2.75) is 17.7 Å². The second-order valence-corrected chi connectivity index (χ2v) is 5.62. The highest BCUT2D eigenvalue weighted by molar-refractivity contribution is 9.08. The Morgan fingerprint density at radius 1 is 0.840 bits per heavy atom. The molecule has 0 bridgehead atoms. The zero-order chi connectivity index (χ0) is 19.0. The molecule has 0 aromatic heterocycles. The predicted octanol–water partition coefficient (Wildman–Crippen LogP) is 5.99. The normalized spacial score (nSPS) is 12.3. The molecular formula is C16H8BrF7O. The monoisotopic (exact) mass is 428 g/mol. The lowest BCUT2D eigenvalue weighted by atomic mass is 9.97. The summed E-state index contributed by atoms with van der Waals surface area (Å²) in [4.78, 5) is 12.3. The van der Waals surface area contributed by atoms with Gasteiger partial charge < -0.3 is 0 Å². The van der Waals surface area contributed by atoms with E-state index in [1.807, 2.05) is 0 Å². The molecule has 0 atom stereocenters. The average molecular weight is 429 g/mol. The van der Waals surface area contributed by atoms with Crippen molar-refractivity contribution >= 4 is 21.7 Å². The van der Waals surface area contributed by atoms with Crippen LogP contribution in [0.3, 0.4) is 0 Å². The Bertz CT molecular complexity index is 777. The third-order valence-corrected chi connectivity index (χ3v) is 3.91. The number of halogens is 8. The number of hydrogen-bond acceptors (Lipinski definition) is 1. The van der Waals surface area contributed by atoms with Crippen LogP contribution in [0.1, 0.15) is 32.6 Å². The smallest absolute Gasteiger partial charge is 0.289 e. The number of ketones is 1. The van der Waals surface area contributed by atoms with Gasteiger partial charge >= 0.3 is 12.4 Å². The average Bonchev–Trinajstić information content (AvgIpc) is 2.52. The molecule has 0 N–H and O–H groups in total. The Labute approximate surface area is 145 Å². The largest absolute Gasteiger partial charge is 0.416 e. The van der Waals surface area contributed by atoms with Crippen LogP contribution in [0.25, 0.3) is 0 Å². The topological polar surface area (TPSA) is 17.1 Å². The lowest BCUT2D eigenvalue weighted by Gasteiger charge is -2.14. The van der Waals surface area contributed by atoms with Gasteiger partial charge in [0.1, 0.15) is 5.82 Å². The quantitative estimate of drug-likeness (QED) is 0.333. The van der Waals surface area contributed by atoms with Crippen LogP contribution in [-0.2, 0) is 17.7 Å². The number of carbonyl (C=O) groups excluding carboxylic acids is 1. The van der Waals surface area contributed by atoms with Crippen LogP contribution in [0.5, 0.6) is 0 Å². The summed E-state index contributed by atoms with van der Waals surface area (Å²) in [6.07, 6.45) is -10.1. The number of hydrogen-bond donors (Lipinski definition) is 0. The summed E-state index contributed by atoms with van der Waals surface area (Å²) in [6.45, 7) is 0. The van der Waals surface area contributed by atoms with Crippen LogP contribution in [0, 0.1) is 5.82 Å². The molecule has 25 heavy (non-hydrogen) atoms. The van der Waals surface area contributed by atoms with Crippen molar-refractivity contribution < 1.29 is 35.5 Å². The fourth-order valence-electron chi connectivity index (χ4n) is 2.07. The molecule has 0 unspecified atom stereocenters. The molecule has 0 aliphatic carbocycles. The highest BCUT2D eigenvalue weighted by atomic mass is 79.9. The van der Waals surface area contributed by atoms with E-state index in [-0.39, 0.29) is 22.5 Å². The summed E-state index contributed by atoms with van der Waals surface area (Å²) in [7, 11) is 0. The summed E-state index contributed by atoms with van der Waals surface area (Å²) < 4.78 is 90.5. The number of carbonyl (C=O) groups is 1. The highest BCUT2D eigenvalue weighted by Gasteiger charge is 2.37. The van der Waals surface area contributed by atoms with Crippen molar-refractivity contribution in [3.8, 4) is 0 Å². The van der Waals surface area contributed by atoms with Crippen LogP contribution < -0.4 is 0 Å². The molecule has 0 amide bonds. The van der Waals surface area contributed by atoms with Gasteiger partial charge in [-0.3, -0.25) is 4.79 Å². The zero-order valence-corrected chi connectivity index (χ0v) is 13.7. The van der Waals surface area contributed by atoms with Gasteiger partial charge in [-0.05, 0) is 42.0 Å². The van der Waals surface area contributed by atoms with E-state index in [1.54, 1.807) is 0 Å². The molecule has 0 radical (unpaired) electrons. The minimum atomic E-state index is -5.06. The predicted molar refractivity (Wildman–Crippen MR) is 78.9 cm³/mol. The van der Waals surface area contributed by atoms with E-state index in [4.69, 9.17) is 0 Å². The molecule has 0 saturated carbocycles. The molecule has 2 rings (SSSR count). The lowest BCUT2D eigenvalue weighted by Crippen LogP contribution is -2.14. The van der Waals surface area contributed by atoms with Crippen LogP contribution in [-0.4, -0.2) is 5.78 Å². The summed E-state index contributed by atoms with van der Waals surface area (Å²) in [5.41, 5.74) is -4.13. The second kappa shape index (κ2) is 6.78. The number of benzene rings is 2. The summed E-state index contributed by atoms with van der Waals surface area (Å²) >= 11 is 2.97. The van der Waals surface area contributed by atoms with Crippen molar-refractivity contribution in [2.24, 2.45) is 0 Å². The van der Waals surface area contributed by atoms with Gasteiger partial charge in [0.05, 0.1) is 11.1 Å². The molecule has 9 heteroatoms. The molecule has 2 aromatic rings. The van der Waals surface area contributed by atoms with Crippen LogP contribution in [0.4, 0.5) is 30.7 Å². The van der Waals surface area contributed by atoms with E-state index < -0.39 is 40.6 Å². The van der Waals surface area contributed by atoms with Gasteiger partial charge in [-0.2, -0.15) is 26.3 Å². The van der Waals surface area contributed by atoms with E-state index >= 15 is 0 Å². The maximum Gasteiger partial charge on any atom is 0.416 e. The van der Waals surface area contributed by atoms with Crippen molar-refractivity contribution in [1.82, 2.24) is 0 Å². The van der Waals surface area contributed by atoms with Crippen molar-refractivity contribution in [3.63, 3.8) is 0 Å². The van der Waals surface area contributed by atoms with Crippen LogP contribution >= 0.6 is 15.9 Å². The fraction of sp³-hybridized carbons (Fsp3) is 0.188. The number of rotatable bonds is 3. The second-order valence-electron chi connectivity index (χ2n) is 5.06. The molecule has 1 nitrogen and oxygen atoms in total. The van der Waals surface area contributed by atoms with E-state index in [0.29, 0.717) is 12.1 Å².